The zero-order valence-corrected chi connectivity index (χ0v) is 16.2. The van der Waals surface area contributed by atoms with Gasteiger partial charge in [-0.1, -0.05) is 13.8 Å². The minimum atomic E-state index is 0.221. The Balaban J connectivity index is 1.59. The van der Waals surface area contributed by atoms with E-state index in [1.807, 2.05) is 24.0 Å². The molecule has 0 radical (unpaired) electrons. The monoisotopic (exact) mass is 358 g/mol. The Kier molecular flexibility index (Phi) is 5.37. The zero-order valence-electron chi connectivity index (χ0n) is 15.4. The van der Waals surface area contributed by atoms with E-state index in [0.717, 1.165) is 36.0 Å². The summed E-state index contributed by atoms with van der Waals surface area (Å²) in [5, 5.41) is 8.43. The molecule has 1 atom stereocenters. The maximum Gasteiger partial charge on any atom is 0.227 e. The van der Waals surface area contributed by atoms with Gasteiger partial charge in [0, 0.05) is 35.4 Å². The Labute approximate surface area is 153 Å². The van der Waals surface area contributed by atoms with Crippen molar-refractivity contribution >= 4 is 23.1 Å². The number of carbonyl (C=O) groups excluding carboxylic acids is 1. The van der Waals surface area contributed by atoms with Gasteiger partial charge < -0.3 is 9.80 Å². The van der Waals surface area contributed by atoms with Crippen LogP contribution in [0.25, 0.3) is 0 Å². The van der Waals surface area contributed by atoms with Gasteiger partial charge in [0.15, 0.2) is 5.82 Å². The van der Waals surface area contributed by atoms with E-state index in [1.165, 1.54) is 4.88 Å². The summed E-state index contributed by atoms with van der Waals surface area (Å²) in [6.07, 6.45) is 0.508. The van der Waals surface area contributed by atoms with Crippen LogP contribution in [0.1, 0.15) is 42.1 Å². The number of aryl methyl sites for hydroxylation is 1. The van der Waals surface area contributed by atoms with Gasteiger partial charge in [0.05, 0.1) is 12.1 Å². The first-order valence-electron chi connectivity index (χ1n) is 8.87. The van der Waals surface area contributed by atoms with Crippen molar-refractivity contribution in [3.05, 3.63) is 39.7 Å². The largest absolute Gasteiger partial charge is 0.349 e. The zero-order chi connectivity index (χ0) is 18.0. The number of nitrogens with zero attached hydrogens (tertiary/aromatic N) is 4. The summed E-state index contributed by atoms with van der Waals surface area (Å²) in [5.74, 6) is 1.64. The maximum absolute atomic E-state index is 12.7. The van der Waals surface area contributed by atoms with E-state index < -0.39 is 0 Å². The number of thiophene rings is 1. The average Bonchev–Trinajstić information content (AvgIpc) is 3.04. The minimum Gasteiger partial charge on any atom is -0.349 e. The smallest absolute Gasteiger partial charge is 0.227 e. The van der Waals surface area contributed by atoms with Gasteiger partial charge in [0.2, 0.25) is 5.91 Å². The number of carbonyl (C=O) groups is 1. The highest BCUT2D eigenvalue weighted by Crippen LogP contribution is 2.25. The highest BCUT2D eigenvalue weighted by molar-refractivity contribution is 7.12. The maximum atomic E-state index is 12.7. The van der Waals surface area contributed by atoms with Crippen LogP contribution in [-0.4, -0.2) is 46.7 Å². The molecule has 0 bridgehead atoms. The Morgan fingerprint density at radius 2 is 2.04 bits per heavy atom. The van der Waals surface area contributed by atoms with Crippen LogP contribution < -0.4 is 4.90 Å². The lowest BCUT2D eigenvalue weighted by atomic mass is 10.1. The van der Waals surface area contributed by atoms with E-state index in [9.17, 15) is 4.79 Å². The summed E-state index contributed by atoms with van der Waals surface area (Å²) in [6.45, 7) is 10.7. The summed E-state index contributed by atoms with van der Waals surface area (Å²) in [6, 6.07) is 8.48. The van der Waals surface area contributed by atoms with Gasteiger partial charge in [-0.2, -0.15) is 5.10 Å². The summed E-state index contributed by atoms with van der Waals surface area (Å²) >= 11 is 1.76. The normalized spacial score (nSPS) is 18.0. The molecular weight excluding hydrogens is 332 g/mol. The summed E-state index contributed by atoms with van der Waals surface area (Å²) in [5.41, 5.74) is 0.918. The summed E-state index contributed by atoms with van der Waals surface area (Å²) in [7, 11) is 0. The van der Waals surface area contributed by atoms with E-state index in [1.54, 1.807) is 11.3 Å². The van der Waals surface area contributed by atoms with Crippen LogP contribution in [0.3, 0.4) is 0 Å². The van der Waals surface area contributed by atoms with E-state index >= 15 is 0 Å². The number of hydrogen-bond acceptors (Lipinski definition) is 5. The molecule has 0 aromatic carbocycles. The second-order valence-corrected chi connectivity index (χ2v) is 8.25. The predicted octanol–water partition coefficient (Wildman–Crippen LogP) is 3.25. The van der Waals surface area contributed by atoms with Crippen LogP contribution in [0.15, 0.2) is 24.3 Å². The molecule has 2 aromatic heterocycles. The molecule has 3 rings (SSSR count). The first-order valence-corrected chi connectivity index (χ1v) is 9.69. The number of rotatable bonds is 4. The molecule has 0 aliphatic carbocycles. The van der Waals surface area contributed by atoms with Gasteiger partial charge in [0.1, 0.15) is 0 Å². The van der Waals surface area contributed by atoms with E-state index in [2.05, 4.69) is 48.0 Å². The van der Waals surface area contributed by atoms with Crippen molar-refractivity contribution in [2.24, 2.45) is 0 Å². The van der Waals surface area contributed by atoms with Crippen LogP contribution in [0.4, 0.5) is 5.82 Å². The standard InChI is InChI=1S/C19H26N4OS/c1-13(2)17-7-6-16(25-17)11-19(24)22-9-10-23(15(4)12-22)18-8-5-14(3)20-21-18/h5-8,13,15H,9-12H2,1-4H3/t15-/m0/s1. The molecule has 2 aromatic rings. The Morgan fingerprint density at radius 1 is 1.24 bits per heavy atom. The van der Waals surface area contributed by atoms with Crippen molar-refractivity contribution < 1.29 is 4.79 Å². The number of piperazine rings is 1. The number of hydrogen-bond donors (Lipinski definition) is 0. The van der Waals surface area contributed by atoms with Gasteiger partial charge in [0.25, 0.3) is 0 Å². The predicted molar refractivity (Wildman–Crippen MR) is 102 cm³/mol. The van der Waals surface area contributed by atoms with Gasteiger partial charge >= 0.3 is 0 Å². The lowest BCUT2D eigenvalue weighted by molar-refractivity contribution is -0.131. The third kappa shape index (κ3) is 4.18. The quantitative estimate of drug-likeness (QED) is 0.842. The van der Waals surface area contributed by atoms with Crippen LogP contribution in [-0.2, 0) is 11.2 Å². The van der Waals surface area contributed by atoms with Gasteiger partial charge in [-0.25, -0.2) is 0 Å². The summed E-state index contributed by atoms with van der Waals surface area (Å²) in [4.78, 5) is 19.4. The van der Waals surface area contributed by atoms with Gasteiger partial charge in [-0.05, 0) is 44.0 Å². The minimum absolute atomic E-state index is 0.221. The second-order valence-electron chi connectivity index (χ2n) is 7.05. The lowest BCUT2D eigenvalue weighted by Gasteiger charge is -2.40. The van der Waals surface area contributed by atoms with Crippen molar-refractivity contribution in [1.29, 1.82) is 0 Å². The fourth-order valence-electron chi connectivity index (χ4n) is 3.13. The highest BCUT2D eigenvalue weighted by Gasteiger charge is 2.27. The van der Waals surface area contributed by atoms with Crippen molar-refractivity contribution in [2.75, 3.05) is 24.5 Å². The molecule has 1 saturated heterocycles. The molecule has 6 heteroatoms. The summed E-state index contributed by atoms with van der Waals surface area (Å²) < 4.78 is 0. The van der Waals surface area contributed by atoms with Crippen molar-refractivity contribution in [2.45, 2.75) is 46.1 Å². The van der Waals surface area contributed by atoms with Crippen LogP contribution in [0, 0.1) is 6.92 Å². The third-order valence-corrected chi connectivity index (χ3v) is 6.02. The SMILES string of the molecule is Cc1ccc(N2CCN(C(=O)Cc3ccc(C(C)C)s3)C[C@@H]2C)nn1. The first kappa shape index (κ1) is 17.9. The molecule has 25 heavy (non-hydrogen) atoms. The molecule has 1 fully saturated rings. The molecule has 0 unspecified atom stereocenters. The molecule has 0 saturated carbocycles. The molecule has 1 amide bonds. The lowest BCUT2D eigenvalue weighted by Crippen LogP contribution is -2.54. The van der Waals surface area contributed by atoms with Crippen molar-refractivity contribution in [1.82, 2.24) is 15.1 Å². The van der Waals surface area contributed by atoms with E-state index in [4.69, 9.17) is 0 Å². The number of amides is 1. The van der Waals surface area contributed by atoms with Crippen molar-refractivity contribution in [3.63, 3.8) is 0 Å². The van der Waals surface area contributed by atoms with Gasteiger partial charge in [-0.15, -0.1) is 16.4 Å². The van der Waals surface area contributed by atoms with E-state index in [0.29, 0.717) is 12.3 Å². The fraction of sp³-hybridized carbons (Fsp3) is 0.526. The molecule has 5 nitrogen and oxygen atoms in total. The van der Waals surface area contributed by atoms with Crippen LogP contribution in [0.2, 0.25) is 0 Å². The molecule has 1 aliphatic rings. The molecular formula is C19H26N4OS. The third-order valence-electron chi connectivity index (χ3n) is 4.64. The Hall–Kier alpha value is -1.95. The van der Waals surface area contributed by atoms with E-state index in [-0.39, 0.29) is 11.9 Å². The van der Waals surface area contributed by atoms with Crippen LogP contribution in [0.5, 0.6) is 0 Å². The molecule has 0 spiro atoms. The molecule has 3 heterocycles. The molecule has 134 valence electrons. The van der Waals surface area contributed by atoms with Crippen molar-refractivity contribution in [3.8, 4) is 0 Å². The fourth-order valence-corrected chi connectivity index (χ4v) is 4.14. The number of aromatic nitrogens is 2. The Bertz CT molecular complexity index is 725. The van der Waals surface area contributed by atoms with Gasteiger partial charge in [-0.3, -0.25) is 4.79 Å². The topological polar surface area (TPSA) is 49.3 Å². The molecule has 0 N–H and O–H groups in total. The Morgan fingerprint density at radius 3 is 2.64 bits per heavy atom. The van der Waals surface area contributed by atoms with Crippen LogP contribution >= 0.6 is 11.3 Å². The average molecular weight is 359 g/mol. The second kappa shape index (κ2) is 7.52. The number of anilines is 1. The highest BCUT2D eigenvalue weighted by atomic mass is 32.1. The first-order chi connectivity index (χ1) is 11.9. The molecule has 1 aliphatic heterocycles.